The Kier molecular flexibility index (Phi) is 7.86. The molecular formula is C25H27NO4. The molecule has 0 bridgehead atoms. The van der Waals surface area contributed by atoms with Crippen molar-refractivity contribution in [1.82, 2.24) is 5.32 Å². The van der Waals surface area contributed by atoms with E-state index in [1.165, 1.54) is 0 Å². The molecular weight excluding hydrogens is 378 g/mol. The Morgan fingerprint density at radius 3 is 2.20 bits per heavy atom. The molecule has 0 spiro atoms. The van der Waals surface area contributed by atoms with Gasteiger partial charge in [-0.15, -0.1) is 0 Å². The number of benzene rings is 3. The lowest BCUT2D eigenvalue weighted by atomic mass is 10.1. The monoisotopic (exact) mass is 405 g/mol. The molecule has 0 atom stereocenters. The molecule has 1 amide bonds. The van der Waals surface area contributed by atoms with E-state index in [2.05, 4.69) is 11.4 Å². The number of amides is 1. The summed E-state index contributed by atoms with van der Waals surface area (Å²) in [4.78, 5) is 12.3. The molecule has 30 heavy (non-hydrogen) atoms. The average molecular weight is 405 g/mol. The van der Waals surface area contributed by atoms with Crippen molar-refractivity contribution in [1.29, 1.82) is 0 Å². The molecule has 5 nitrogen and oxygen atoms in total. The van der Waals surface area contributed by atoms with Crippen molar-refractivity contribution in [2.75, 3.05) is 14.2 Å². The number of methoxy groups -OCH3 is 2. The van der Waals surface area contributed by atoms with Crippen LogP contribution in [-0.2, 0) is 35.7 Å². The molecule has 0 fully saturated rings. The highest BCUT2D eigenvalue weighted by atomic mass is 16.5. The van der Waals surface area contributed by atoms with Crippen LogP contribution in [0.15, 0.2) is 72.8 Å². The molecule has 0 aliphatic heterocycles. The lowest BCUT2D eigenvalue weighted by molar-refractivity contribution is -0.120. The van der Waals surface area contributed by atoms with Gasteiger partial charge in [-0.05, 0) is 34.4 Å². The Hall–Kier alpha value is -3.31. The molecule has 5 heteroatoms. The summed E-state index contributed by atoms with van der Waals surface area (Å²) in [5, 5.41) is 2.97. The van der Waals surface area contributed by atoms with Gasteiger partial charge in [0.15, 0.2) is 11.5 Å². The van der Waals surface area contributed by atoms with Crippen LogP contribution in [0.4, 0.5) is 0 Å². The summed E-state index contributed by atoms with van der Waals surface area (Å²) in [6.07, 6.45) is 0.278. The van der Waals surface area contributed by atoms with Crippen LogP contribution < -0.4 is 14.8 Å². The minimum absolute atomic E-state index is 0.0482. The third-order valence-electron chi connectivity index (χ3n) is 4.67. The first-order valence-corrected chi connectivity index (χ1v) is 9.85. The maximum Gasteiger partial charge on any atom is 0.224 e. The predicted molar refractivity (Wildman–Crippen MR) is 116 cm³/mol. The highest BCUT2D eigenvalue weighted by Gasteiger charge is 2.08. The lowest BCUT2D eigenvalue weighted by Gasteiger charge is -2.10. The van der Waals surface area contributed by atoms with Crippen molar-refractivity contribution in [3.8, 4) is 11.5 Å². The van der Waals surface area contributed by atoms with Crippen molar-refractivity contribution in [2.24, 2.45) is 0 Å². The summed E-state index contributed by atoms with van der Waals surface area (Å²) < 4.78 is 16.3. The maximum absolute atomic E-state index is 12.3. The van der Waals surface area contributed by atoms with Gasteiger partial charge in [0.25, 0.3) is 0 Å². The zero-order valence-electron chi connectivity index (χ0n) is 17.4. The van der Waals surface area contributed by atoms with Crippen molar-refractivity contribution in [3.05, 3.63) is 95.1 Å². The van der Waals surface area contributed by atoms with Gasteiger partial charge in [-0.25, -0.2) is 0 Å². The molecule has 0 aromatic heterocycles. The molecule has 1 N–H and O–H groups in total. The second kappa shape index (κ2) is 11.0. The Balaban J connectivity index is 1.48. The van der Waals surface area contributed by atoms with Gasteiger partial charge in [-0.2, -0.15) is 0 Å². The molecule has 156 valence electrons. The largest absolute Gasteiger partial charge is 0.493 e. The van der Waals surface area contributed by atoms with Crippen molar-refractivity contribution in [2.45, 2.75) is 26.2 Å². The first-order chi connectivity index (χ1) is 14.7. The average Bonchev–Trinajstić information content (AvgIpc) is 2.78. The summed E-state index contributed by atoms with van der Waals surface area (Å²) in [5.41, 5.74) is 4.14. The molecule has 0 radical (unpaired) electrons. The number of carbonyl (C=O) groups is 1. The number of carbonyl (C=O) groups excluding carboxylic acids is 1. The highest BCUT2D eigenvalue weighted by Crippen LogP contribution is 2.27. The Labute approximate surface area is 177 Å². The number of rotatable bonds is 10. The van der Waals surface area contributed by atoms with Gasteiger partial charge in [0, 0.05) is 6.54 Å². The summed E-state index contributed by atoms with van der Waals surface area (Å²) in [6, 6.07) is 23.7. The van der Waals surface area contributed by atoms with Crippen LogP contribution in [0.3, 0.4) is 0 Å². The molecule has 0 unspecified atom stereocenters. The van der Waals surface area contributed by atoms with E-state index >= 15 is 0 Å². The van der Waals surface area contributed by atoms with E-state index in [9.17, 15) is 4.79 Å². The minimum atomic E-state index is -0.0482. The first-order valence-electron chi connectivity index (χ1n) is 9.85. The fraction of sp³-hybridized carbons (Fsp3) is 0.240. The summed E-state index contributed by atoms with van der Waals surface area (Å²) in [5.74, 6) is 1.21. The van der Waals surface area contributed by atoms with Crippen LogP contribution in [-0.4, -0.2) is 20.1 Å². The summed E-state index contributed by atoms with van der Waals surface area (Å²) in [7, 11) is 3.17. The van der Waals surface area contributed by atoms with Gasteiger partial charge in [0.1, 0.15) is 0 Å². The van der Waals surface area contributed by atoms with E-state index in [-0.39, 0.29) is 12.3 Å². The fourth-order valence-corrected chi connectivity index (χ4v) is 3.13. The van der Waals surface area contributed by atoms with E-state index in [0.29, 0.717) is 31.3 Å². The molecule has 0 aliphatic carbocycles. The van der Waals surface area contributed by atoms with Crippen LogP contribution >= 0.6 is 0 Å². The van der Waals surface area contributed by atoms with E-state index in [1.54, 1.807) is 20.3 Å². The van der Waals surface area contributed by atoms with Gasteiger partial charge in [0.05, 0.1) is 33.9 Å². The molecule has 0 saturated heterocycles. The first kappa shape index (κ1) is 21.4. The zero-order chi connectivity index (χ0) is 21.2. The van der Waals surface area contributed by atoms with Gasteiger partial charge in [0.2, 0.25) is 5.91 Å². The van der Waals surface area contributed by atoms with E-state index in [4.69, 9.17) is 14.2 Å². The Bertz CT molecular complexity index is 956. The number of ether oxygens (including phenoxy) is 3. The zero-order valence-corrected chi connectivity index (χ0v) is 17.4. The highest BCUT2D eigenvalue weighted by molar-refractivity contribution is 5.78. The molecule has 3 aromatic rings. The standard InChI is InChI=1S/C25H27NO4/c1-28-23-12-11-20(14-24(23)29-2)15-25(27)26-16-21-9-6-10-22(13-21)18-30-17-19-7-4-3-5-8-19/h3-14H,15-18H2,1-2H3,(H,26,27). The second-order valence-electron chi connectivity index (χ2n) is 6.94. The second-order valence-corrected chi connectivity index (χ2v) is 6.94. The van der Waals surface area contributed by atoms with Crippen LogP contribution in [0, 0.1) is 0 Å². The molecule has 3 aromatic carbocycles. The normalized spacial score (nSPS) is 10.5. The molecule has 0 aliphatic rings. The third-order valence-corrected chi connectivity index (χ3v) is 4.67. The van der Waals surface area contributed by atoms with Gasteiger partial charge >= 0.3 is 0 Å². The van der Waals surface area contributed by atoms with E-state index in [1.807, 2.05) is 60.7 Å². The van der Waals surface area contributed by atoms with E-state index in [0.717, 1.165) is 22.3 Å². The summed E-state index contributed by atoms with van der Waals surface area (Å²) in [6.45, 7) is 1.58. The summed E-state index contributed by atoms with van der Waals surface area (Å²) >= 11 is 0. The van der Waals surface area contributed by atoms with Gasteiger partial charge in [-0.1, -0.05) is 60.7 Å². The smallest absolute Gasteiger partial charge is 0.224 e. The fourth-order valence-electron chi connectivity index (χ4n) is 3.13. The van der Waals surface area contributed by atoms with Crippen molar-refractivity contribution >= 4 is 5.91 Å². The Morgan fingerprint density at radius 2 is 1.43 bits per heavy atom. The van der Waals surface area contributed by atoms with Gasteiger partial charge < -0.3 is 19.5 Å². The van der Waals surface area contributed by atoms with Crippen molar-refractivity contribution in [3.63, 3.8) is 0 Å². The molecule has 0 saturated carbocycles. The van der Waals surface area contributed by atoms with Gasteiger partial charge in [-0.3, -0.25) is 4.79 Å². The van der Waals surface area contributed by atoms with Crippen LogP contribution in [0.5, 0.6) is 11.5 Å². The number of hydrogen-bond acceptors (Lipinski definition) is 4. The molecule has 3 rings (SSSR count). The Morgan fingerprint density at radius 1 is 0.733 bits per heavy atom. The van der Waals surface area contributed by atoms with Crippen LogP contribution in [0.2, 0.25) is 0 Å². The number of hydrogen-bond donors (Lipinski definition) is 1. The number of nitrogens with one attached hydrogen (secondary N) is 1. The predicted octanol–water partition coefficient (Wildman–Crippen LogP) is 4.28. The van der Waals surface area contributed by atoms with Crippen molar-refractivity contribution < 1.29 is 19.0 Å². The maximum atomic E-state index is 12.3. The minimum Gasteiger partial charge on any atom is -0.493 e. The van der Waals surface area contributed by atoms with Crippen LogP contribution in [0.1, 0.15) is 22.3 Å². The SMILES string of the molecule is COc1ccc(CC(=O)NCc2cccc(COCc3ccccc3)c2)cc1OC. The topological polar surface area (TPSA) is 56.8 Å². The van der Waals surface area contributed by atoms with Crippen LogP contribution in [0.25, 0.3) is 0 Å². The van der Waals surface area contributed by atoms with E-state index < -0.39 is 0 Å². The third kappa shape index (κ3) is 6.36. The molecule has 0 heterocycles. The quantitative estimate of drug-likeness (QED) is 0.547. The lowest BCUT2D eigenvalue weighted by Crippen LogP contribution is -2.24.